The Bertz CT molecular complexity index is 579. The van der Waals surface area contributed by atoms with Crippen molar-refractivity contribution in [3.63, 3.8) is 0 Å². The molecule has 2 heterocycles. The van der Waals surface area contributed by atoms with E-state index in [1.54, 1.807) is 4.68 Å². The SMILES string of the molecule is C[C@H]1CNCCN1C(=O)c1ccc(-n2cnnn2)cc1. The van der Waals surface area contributed by atoms with Crippen LogP contribution in [0.2, 0.25) is 0 Å². The number of piperazine rings is 1. The molecule has 0 radical (unpaired) electrons. The highest BCUT2D eigenvalue weighted by Crippen LogP contribution is 2.13. The molecule has 1 aromatic carbocycles. The number of benzene rings is 1. The average molecular weight is 272 g/mol. The van der Waals surface area contributed by atoms with Crippen molar-refractivity contribution < 1.29 is 4.79 Å². The maximum Gasteiger partial charge on any atom is 0.254 e. The lowest BCUT2D eigenvalue weighted by molar-refractivity contribution is 0.0656. The molecule has 3 rings (SSSR count). The molecule has 20 heavy (non-hydrogen) atoms. The van der Waals surface area contributed by atoms with Crippen molar-refractivity contribution >= 4 is 5.91 Å². The summed E-state index contributed by atoms with van der Waals surface area (Å²) in [6.45, 7) is 4.49. The van der Waals surface area contributed by atoms with Crippen LogP contribution in [0.1, 0.15) is 17.3 Å². The molecule has 2 aromatic rings. The first-order valence-electron chi connectivity index (χ1n) is 6.61. The normalized spacial score (nSPS) is 19.1. The van der Waals surface area contributed by atoms with Crippen LogP contribution in [-0.2, 0) is 0 Å². The number of hydrogen-bond acceptors (Lipinski definition) is 5. The van der Waals surface area contributed by atoms with Crippen molar-refractivity contribution in [2.24, 2.45) is 0 Å². The molecule has 1 aliphatic rings. The Morgan fingerprint density at radius 2 is 2.15 bits per heavy atom. The Hall–Kier alpha value is -2.28. The number of rotatable bonds is 2. The Morgan fingerprint density at radius 3 is 2.80 bits per heavy atom. The summed E-state index contributed by atoms with van der Waals surface area (Å²) in [6.07, 6.45) is 1.52. The van der Waals surface area contributed by atoms with Crippen molar-refractivity contribution in [3.05, 3.63) is 36.2 Å². The molecular formula is C13H16N6O. The Morgan fingerprint density at radius 1 is 1.35 bits per heavy atom. The van der Waals surface area contributed by atoms with Gasteiger partial charge in [0, 0.05) is 31.2 Å². The minimum absolute atomic E-state index is 0.0715. The van der Waals surface area contributed by atoms with Crippen molar-refractivity contribution in [1.29, 1.82) is 0 Å². The average Bonchev–Trinajstić information content (AvgIpc) is 3.01. The predicted octanol–water partition coefficient (Wildman–Crippen LogP) is 0.0962. The minimum atomic E-state index is 0.0715. The molecule has 0 aliphatic carbocycles. The molecule has 1 aliphatic heterocycles. The Kier molecular flexibility index (Phi) is 3.42. The lowest BCUT2D eigenvalue weighted by Gasteiger charge is -2.34. The Labute approximate surface area is 116 Å². The van der Waals surface area contributed by atoms with E-state index in [0.717, 1.165) is 25.3 Å². The monoisotopic (exact) mass is 272 g/mol. The third-order valence-electron chi connectivity index (χ3n) is 3.49. The largest absolute Gasteiger partial charge is 0.333 e. The first kappa shape index (κ1) is 12.7. The number of tetrazole rings is 1. The summed E-state index contributed by atoms with van der Waals surface area (Å²) in [6, 6.07) is 7.53. The van der Waals surface area contributed by atoms with Gasteiger partial charge >= 0.3 is 0 Å². The molecule has 1 amide bonds. The maximum atomic E-state index is 12.5. The van der Waals surface area contributed by atoms with Crippen LogP contribution < -0.4 is 5.32 Å². The van der Waals surface area contributed by atoms with Gasteiger partial charge in [-0.05, 0) is 41.6 Å². The fraction of sp³-hybridized carbons (Fsp3) is 0.385. The summed E-state index contributed by atoms with van der Waals surface area (Å²) in [7, 11) is 0. The number of carbonyl (C=O) groups is 1. The van der Waals surface area contributed by atoms with Gasteiger partial charge in [0.25, 0.3) is 5.91 Å². The topological polar surface area (TPSA) is 75.9 Å². The highest BCUT2D eigenvalue weighted by Gasteiger charge is 2.23. The summed E-state index contributed by atoms with van der Waals surface area (Å²) >= 11 is 0. The van der Waals surface area contributed by atoms with Gasteiger partial charge in [-0.2, -0.15) is 0 Å². The van der Waals surface area contributed by atoms with Crippen LogP contribution in [0.4, 0.5) is 0 Å². The van der Waals surface area contributed by atoms with Gasteiger partial charge in [0.1, 0.15) is 6.33 Å². The lowest BCUT2D eigenvalue weighted by atomic mass is 10.1. The quantitative estimate of drug-likeness (QED) is 0.839. The second-order valence-electron chi connectivity index (χ2n) is 4.85. The third-order valence-corrected chi connectivity index (χ3v) is 3.49. The molecule has 0 bridgehead atoms. The number of nitrogens with one attached hydrogen (secondary N) is 1. The van der Waals surface area contributed by atoms with Gasteiger partial charge in [0.2, 0.25) is 0 Å². The second kappa shape index (κ2) is 5.38. The zero-order chi connectivity index (χ0) is 13.9. The van der Waals surface area contributed by atoms with Gasteiger partial charge < -0.3 is 10.2 Å². The number of nitrogens with zero attached hydrogens (tertiary/aromatic N) is 5. The molecule has 0 unspecified atom stereocenters. The van der Waals surface area contributed by atoms with Gasteiger partial charge in [-0.1, -0.05) is 0 Å². The molecule has 1 saturated heterocycles. The van der Waals surface area contributed by atoms with Crippen LogP contribution in [0, 0.1) is 0 Å². The van der Waals surface area contributed by atoms with Crippen LogP contribution in [-0.4, -0.2) is 56.7 Å². The van der Waals surface area contributed by atoms with Gasteiger partial charge in [0.15, 0.2) is 0 Å². The molecular weight excluding hydrogens is 256 g/mol. The van der Waals surface area contributed by atoms with Crippen LogP contribution in [0.25, 0.3) is 5.69 Å². The molecule has 104 valence electrons. The van der Waals surface area contributed by atoms with Gasteiger partial charge in [-0.25, -0.2) is 4.68 Å². The van der Waals surface area contributed by atoms with Crippen LogP contribution in [0.5, 0.6) is 0 Å². The van der Waals surface area contributed by atoms with E-state index in [1.165, 1.54) is 6.33 Å². The van der Waals surface area contributed by atoms with E-state index < -0.39 is 0 Å². The number of hydrogen-bond donors (Lipinski definition) is 1. The zero-order valence-corrected chi connectivity index (χ0v) is 11.2. The molecule has 7 heteroatoms. The second-order valence-corrected chi connectivity index (χ2v) is 4.85. The van der Waals surface area contributed by atoms with E-state index in [1.807, 2.05) is 29.2 Å². The Balaban J connectivity index is 1.78. The summed E-state index contributed by atoms with van der Waals surface area (Å²) in [5.74, 6) is 0.0715. The van der Waals surface area contributed by atoms with Crippen molar-refractivity contribution in [3.8, 4) is 5.69 Å². The summed E-state index contributed by atoms with van der Waals surface area (Å²) < 4.78 is 1.56. The van der Waals surface area contributed by atoms with Crippen molar-refractivity contribution in [2.45, 2.75) is 13.0 Å². The predicted molar refractivity (Wildman–Crippen MR) is 72.5 cm³/mol. The molecule has 1 atom stereocenters. The van der Waals surface area contributed by atoms with Crippen molar-refractivity contribution in [2.75, 3.05) is 19.6 Å². The van der Waals surface area contributed by atoms with Gasteiger partial charge in [0.05, 0.1) is 5.69 Å². The van der Waals surface area contributed by atoms with Crippen LogP contribution in [0.15, 0.2) is 30.6 Å². The van der Waals surface area contributed by atoms with E-state index in [0.29, 0.717) is 5.56 Å². The van der Waals surface area contributed by atoms with Crippen LogP contribution >= 0.6 is 0 Å². The summed E-state index contributed by atoms with van der Waals surface area (Å²) in [5, 5.41) is 14.3. The fourth-order valence-corrected chi connectivity index (χ4v) is 2.34. The highest BCUT2D eigenvalue weighted by molar-refractivity contribution is 5.94. The van der Waals surface area contributed by atoms with Gasteiger partial charge in [-0.3, -0.25) is 4.79 Å². The van der Waals surface area contributed by atoms with Gasteiger partial charge in [-0.15, -0.1) is 5.10 Å². The van der Waals surface area contributed by atoms with E-state index in [9.17, 15) is 4.79 Å². The van der Waals surface area contributed by atoms with E-state index in [4.69, 9.17) is 0 Å². The molecule has 1 aromatic heterocycles. The zero-order valence-electron chi connectivity index (χ0n) is 11.2. The molecule has 1 N–H and O–H groups in total. The van der Waals surface area contributed by atoms with E-state index in [2.05, 4.69) is 27.8 Å². The lowest BCUT2D eigenvalue weighted by Crippen LogP contribution is -2.52. The molecule has 7 nitrogen and oxygen atoms in total. The summed E-state index contributed by atoms with van der Waals surface area (Å²) in [5.41, 5.74) is 1.52. The fourth-order valence-electron chi connectivity index (χ4n) is 2.34. The number of aromatic nitrogens is 4. The minimum Gasteiger partial charge on any atom is -0.333 e. The molecule has 0 saturated carbocycles. The van der Waals surface area contributed by atoms with E-state index in [-0.39, 0.29) is 11.9 Å². The van der Waals surface area contributed by atoms with E-state index >= 15 is 0 Å². The first-order chi connectivity index (χ1) is 9.75. The maximum absolute atomic E-state index is 12.5. The molecule has 0 spiro atoms. The third kappa shape index (κ3) is 2.39. The van der Waals surface area contributed by atoms with Crippen LogP contribution in [0.3, 0.4) is 0 Å². The number of carbonyl (C=O) groups excluding carboxylic acids is 1. The highest BCUT2D eigenvalue weighted by atomic mass is 16.2. The smallest absolute Gasteiger partial charge is 0.254 e. The first-order valence-corrected chi connectivity index (χ1v) is 6.61. The standard InChI is InChI=1S/C13H16N6O/c1-10-8-14-6-7-18(10)13(20)11-2-4-12(5-3-11)19-9-15-16-17-19/h2-5,9-10,14H,6-8H2,1H3/t10-/m0/s1. The van der Waals surface area contributed by atoms with Crippen molar-refractivity contribution in [1.82, 2.24) is 30.4 Å². The number of amides is 1. The molecule has 1 fully saturated rings. The summed E-state index contributed by atoms with van der Waals surface area (Å²) in [4.78, 5) is 14.4.